The van der Waals surface area contributed by atoms with Gasteiger partial charge in [-0.3, -0.25) is 4.79 Å². The molecule has 4 aliphatic rings. The Labute approximate surface area is 195 Å². The van der Waals surface area contributed by atoms with E-state index in [2.05, 4.69) is 15.4 Å². The van der Waals surface area contributed by atoms with Crippen molar-refractivity contribution in [2.24, 2.45) is 0 Å². The molecule has 4 heterocycles. The maximum Gasteiger partial charge on any atom is 0.282 e. The van der Waals surface area contributed by atoms with Crippen LogP contribution < -0.4 is 5.32 Å². The lowest BCUT2D eigenvalue weighted by atomic mass is 9.99. The third-order valence-corrected chi connectivity index (χ3v) is 9.98. The number of aliphatic hydroxyl groups is 1. The van der Waals surface area contributed by atoms with Gasteiger partial charge in [-0.05, 0) is 58.4 Å². The lowest BCUT2D eigenvalue weighted by Crippen LogP contribution is -2.57. The van der Waals surface area contributed by atoms with Crippen LogP contribution in [0.5, 0.6) is 0 Å². The lowest BCUT2D eigenvalue weighted by molar-refractivity contribution is 0.0895. The number of hydrogen-bond donors (Lipinski definition) is 2. The minimum Gasteiger partial charge on any atom is -0.395 e. The number of rotatable bonds is 8. The number of carbonyl (C=O) groups excluding carboxylic acids is 1. The summed E-state index contributed by atoms with van der Waals surface area (Å²) < 4.78 is 35.7. The Balaban J connectivity index is 1.18. The van der Waals surface area contributed by atoms with Gasteiger partial charge in [0.05, 0.1) is 6.61 Å². The first kappa shape index (κ1) is 23.2. The lowest BCUT2D eigenvalue weighted by Gasteiger charge is -2.43. The minimum absolute atomic E-state index is 0.0552. The Bertz CT molecular complexity index is 942. The summed E-state index contributed by atoms with van der Waals surface area (Å²) in [6.07, 6.45) is 6.65. The van der Waals surface area contributed by atoms with Crippen molar-refractivity contribution < 1.29 is 22.8 Å². The van der Waals surface area contributed by atoms with E-state index in [1.807, 2.05) is 7.05 Å². The maximum absolute atomic E-state index is 13.5. The SMILES string of the molecule is CN(CCO)C1CCN(S(=O)(=O)N2[C@@H]3CC[C@H]2CC(NC(=O)c2cc(C4CC4)on2)C3)CC1. The van der Waals surface area contributed by atoms with Crippen molar-refractivity contribution in [2.75, 3.05) is 33.3 Å². The number of hydrogen-bond acceptors (Lipinski definition) is 7. The number of nitrogens with zero attached hydrogens (tertiary/aromatic N) is 4. The molecule has 1 saturated carbocycles. The zero-order valence-electron chi connectivity index (χ0n) is 19.2. The van der Waals surface area contributed by atoms with Crippen LogP contribution in [-0.2, 0) is 10.2 Å². The largest absolute Gasteiger partial charge is 0.395 e. The Kier molecular flexibility index (Phi) is 6.51. The molecule has 33 heavy (non-hydrogen) atoms. The van der Waals surface area contributed by atoms with E-state index in [1.54, 1.807) is 14.7 Å². The monoisotopic (exact) mass is 481 g/mol. The predicted octanol–water partition coefficient (Wildman–Crippen LogP) is 0.911. The molecule has 0 radical (unpaired) electrons. The number of aromatic nitrogens is 1. The highest BCUT2D eigenvalue weighted by atomic mass is 32.2. The Morgan fingerprint density at radius 1 is 1.18 bits per heavy atom. The second kappa shape index (κ2) is 9.26. The summed E-state index contributed by atoms with van der Waals surface area (Å²) >= 11 is 0. The predicted molar refractivity (Wildman–Crippen MR) is 121 cm³/mol. The summed E-state index contributed by atoms with van der Waals surface area (Å²) in [4.78, 5) is 14.8. The van der Waals surface area contributed by atoms with Crippen molar-refractivity contribution >= 4 is 16.1 Å². The van der Waals surface area contributed by atoms with Crippen molar-refractivity contribution in [3.05, 3.63) is 17.5 Å². The Hall–Kier alpha value is -1.53. The fourth-order valence-corrected chi connectivity index (χ4v) is 7.91. The van der Waals surface area contributed by atoms with Gasteiger partial charge in [-0.2, -0.15) is 17.0 Å². The minimum atomic E-state index is -3.53. The summed E-state index contributed by atoms with van der Waals surface area (Å²) in [5.74, 6) is 0.955. The van der Waals surface area contributed by atoms with Crippen LogP contribution in [-0.4, -0.2) is 95.6 Å². The van der Waals surface area contributed by atoms with Crippen molar-refractivity contribution in [1.29, 1.82) is 0 Å². The van der Waals surface area contributed by atoms with Gasteiger partial charge in [0.25, 0.3) is 16.1 Å². The zero-order valence-corrected chi connectivity index (χ0v) is 20.0. The average Bonchev–Trinajstić information content (AvgIpc) is 3.45. The van der Waals surface area contributed by atoms with Gasteiger partial charge in [0.1, 0.15) is 5.76 Å². The molecule has 10 nitrogen and oxygen atoms in total. The van der Waals surface area contributed by atoms with Gasteiger partial charge >= 0.3 is 0 Å². The smallest absolute Gasteiger partial charge is 0.282 e. The zero-order chi connectivity index (χ0) is 23.2. The average molecular weight is 482 g/mol. The molecule has 1 unspecified atom stereocenters. The number of fused-ring (bicyclic) bond motifs is 2. The van der Waals surface area contributed by atoms with Gasteiger partial charge in [-0.15, -0.1) is 0 Å². The molecule has 1 aliphatic carbocycles. The van der Waals surface area contributed by atoms with E-state index in [-0.39, 0.29) is 30.6 Å². The van der Waals surface area contributed by atoms with E-state index in [0.717, 1.165) is 44.3 Å². The standard InChI is InChI=1S/C22H35N5O5S/c1-25(10-11-28)17-6-8-26(9-7-17)33(30,31)27-18-4-5-19(27)13-16(12-18)23-22(29)20-14-21(32-24-20)15-2-3-15/h14-19,28H,2-13H2,1H3,(H,23,29)/t16?,18-,19+. The molecular weight excluding hydrogens is 446 g/mol. The molecule has 3 atom stereocenters. The Morgan fingerprint density at radius 3 is 2.45 bits per heavy atom. The van der Waals surface area contributed by atoms with Gasteiger partial charge < -0.3 is 19.8 Å². The van der Waals surface area contributed by atoms with Crippen LogP contribution in [0.3, 0.4) is 0 Å². The van der Waals surface area contributed by atoms with Gasteiger partial charge in [-0.25, -0.2) is 0 Å². The number of likely N-dealkylation sites (N-methyl/N-ethyl adjacent to an activating group) is 1. The summed E-state index contributed by atoms with van der Waals surface area (Å²) in [5.41, 5.74) is 0.313. The second-order valence-electron chi connectivity index (χ2n) is 10.1. The first-order chi connectivity index (χ1) is 15.9. The molecule has 5 rings (SSSR count). The second-order valence-corrected chi connectivity index (χ2v) is 11.9. The van der Waals surface area contributed by atoms with E-state index in [1.165, 1.54) is 0 Å². The van der Waals surface area contributed by atoms with Gasteiger partial charge in [0.2, 0.25) is 0 Å². The van der Waals surface area contributed by atoms with Crippen LogP contribution in [0.15, 0.2) is 10.6 Å². The van der Waals surface area contributed by atoms with Crippen molar-refractivity contribution in [3.8, 4) is 0 Å². The van der Waals surface area contributed by atoms with E-state index < -0.39 is 10.2 Å². The number of amides is 1. The van der Waals surface area contributed by atoms with Crippen LogP contribution >= 0.6 is 0 Å². The van der Waals surface area contributed by atoms with Crippen molar-refractivity contribution in [2.45, 2.75) is 81.5 Å². The first-order valence-corrected chi connectivity index (χ1v) is 13.6. The number of aliphatic hydroxyl groups excluding tert-OH is 1. The van der Waals surface area contributed by atoms with Gasteiger partial charge in [-0.1, -0.05) is 5.16 Å². The Morgan fingerprint density at radius 2 is 1.85 bits per heavy atom. The third-order valence-electron chi connectivity index (χ3n) is 7.83. The number of nitrogens with one attached hydrogen (secondary N) is 1. The van der Waals surface area contributed by atoms with Gasteiger partial charge in [0.15, 0.2) is 5.69 Å². The van der Waals surface area contributed by atoms with E-state index >= 15 is 0 Å². The summed E-state index contributed by atoms with van der Waals surface area (Å²) in [6.45, 7) is 1.74. The van der Waals surface area contributed by atoms with Crippen LogP contribution in [0.2, 0.25) is 0 Å². The fraction of sp³-hybridized carbons (Fsp3) is 0.818. The molecule has 4 fully saturated rings. The molecule has 184 valence electrons. The van der Waals surface area contributed by atoms with Crippen molar-refractivity contribution in [1.82, 2.24) is 24.0 Å². The molecule has 1 aromatic rings. The van der Waals surface area contributed by atoms with Crippen LogP contribution in [0.4, 0.5) is 0 Å². The quantitative estimate of drug-likeness (QED) is 0.566. The topological polar surface area (TPSA) is 119 Å². The first-order valence-electron chi connectivity index (χ1n) is 12.2. The van der Waals surface area contributed by atoms with E-state index in [9.17, 15) is 13.2 Å². The molecule has 3 aliphatic heterocycles. The van der Waals surface area contributed by atoms with Crippen LogP contribution in [0, 0.1) is 0 Å². The fourth-order valence-electron chi connectivity index (χ4n) is 5.83. The highest BCUT2D eigenvalue weighted by Crippen LogP contribution is 2.41. The summed E-state index contributed by atoms with van der Waals surface area (Å²) in [6, 6.07) is 1.84. The van der Waals surface area contributed by atoms with Gasteiger partial charge in [0, 0.05) is 55.8 Å². The maximum atomic E-state index is 13.5. The molecule has 2 bridgehead atoms. The molecule has 0 aromatic carbocycles. The van der Waals surface area contributed by atoms with E-state index in [0.29, 0.717) is 50.1 Å². The molecular formula is C22H35N5O5S. The van der Waals surface area contributed by atoms with Crippen LogP contribution in [0.1, 0.15) is 73.5 Å². The van der Waals surface area contributed by atoms with Crippen molar-refractivity contribution in [3.63, 3.8) is 0 Å². The normalized spacial score (nSPS) is 29.6. The highest BCUT2D eigenvalue weighted by Gasteiger charge is 2.49. The molecule has 1 amide bonds. The molecule has 11 heteroatoms. The van der Waals surface area contributed by atoms with E-state index in [4.69, 9.17) is 9.63 Å². The molecule has 3 saturated heterocycles. The number of piperidine rings is 2. The molecule has 0 spiro atoms. The molecule has 2 N–H and O–H groups in total. The number of carbonyl (C=O) groups is 1. The van der Waals surface area contributed by atoms with Crippen LogP contribution in [0.25, 0.3) is 0 Å². The highest BCUT2D eigenvalue weighted by molar-refractivity contribution is 7.86. The summed E-state index contributed by atoms with van der Waals surface area (Å²) in [5, 5.41) is 16.2. The third kappa shape index (κ3) is 4.70. The summed E-state index contributed by atoms with van der Waals surface area (Å²) in [7, 11) is -1.54. The molecule has 1 aromatic heterocycles.